The molecule has 0 radical (unpaired) electrons. The highest BCUT2D eigenvalue weighted by Crippen LogP contribution is 2.14. The van der Waals surface area contributed by atoms with Gasteiger partial charge in [-0.15, -0.1) is 0 Å². The molecule has 102 valence electrons. The SMILES string of the molecule is CCC(CNCCOC)Cc1ccc(F)c(F)c1. The second-order valence-corrected chi connectivity index (χ2v) is 4.42. The molecular weight excluding hydrogens is 236 g/mol. The van der Waals surface area contributed by atoms with E-state index in [1.54, 1.807) is 13.2 Å². The zero-order valence-electron chi connectivity index (χ0n) is 11.0. The van der Waals surface area contributed by atoms with E-state index >= 15 is 0 Å². The van der Waals surface area contributed by atoms with Gasteiger partial charge in [0, 0.05) is 13.7 Å². The van der Waals surface area contributed by atoms with Crippen molar-refractivity contribution in [3.05, 3.63) is 35.4 Å². The van der Waals surface area contributed by atoms with Gasteiger partial charge in [0.15, 0.2) is 11.6 Å². The first-order valence-electron chi connectivity index (χ1n) is 6.31. The molecule has 1 N–H and O–H groups in total. The third kappa shape index (κ3) is 5.10. The van der Waals surface area contributed by atoms with Crippen LogP contribution in [0.3, 0.4) is 0 Å². The van der Waals surface area contributed by atoms with Gasteiger partial charge in [0.2, 0.25) is 0 Å². The quantitative estimate of drug-likeness (QED) is 0.723. The molecule has 0 aliphatic rings. The molecule has 1 atom stereocenters. The van der Waals surface area contributed by atoms with Crippen molar-refractivity contribution in [2.24, 2.45) is 5.92 Å². The average molecular weight is 257 g/mol. The molecular formula is C14H21F2NO. The highest BCUT2D eigenvalue weighted by Gasteiger charge is 2.09. The van der Waals surface area contributed by atoms with Crippen LogP contribution in [-0.4, -0.2) is 26.8 Å². The van der Waals surface area contributed by atoms with Crippen molar-refractivity contribution in [1.29, 1.82) is 0 Å². The predicted molar refractivity (Wildman–Crippen MR) is 68.6 cm³/mol. The van der Waals surface area contributed by atoms with Gasteiger partial charge >= 0.3 is 0 Å². The van der Waals surface area contributed by atoms with Gasteiger partial charge in [-0.25, -0.2) is 8.78 Å². The Morgan fingerprint density at radius 1 is 1.28 bits per heavy atom. The van der Waals surface area contributed by atoms with E-state index in [2.05, 4.69) is 12.2 Å². The maximum absolute atomic E-state index is 13.1. The third-order valence-electron chi connectivity index (χ3n) is 3.00. The fourth-order valence-corrected chi connectivity index (χ4v) is 1.84. The Balaban J connectivity index is 2.44. The number of ether oxygens (including phenoxy) is 1. The van der Waals surface area contributed by atoms with Crippen molar-refractivity contribution >= 4 is 0 Å². The van der Waals surface area contributed by atoms with Gasteiger partial charge in [-0.3, -0.25) is 0 Å². The van der Waals surface area contributed by atoms with E-state index in [4.69, 9.17) is 4.74 Å². The Bertz CT molecular complexity index is 358. The molecule has 2 nitrogen and oxygen atoms in total. The standard InChI is InChI=1S/C14H21F2NO/c1-3-11(10-17-6-7-18-2)8-12-4-5-13(15)14(16)9-12/h4-5,9,11,17H,3,6-8,10H2,1-2H3. The second-order valence-electron chi connectivity index (χ2n) is 4.42. The largest absolute Gasteiger partial charge is 0.383 e. The Kier molecular flexibility index (Phi) is 6.83. The average Bonchev–Trinajstić information content (AvgIpc) is 2.37. The van der Waals surface area contributed by atoms with Crippen molar-refractivity contribution in [2.45, 2.75) is 19.8 Å². The van der Waals surface area contributed by atoms with E-state index < -0.39 is 11.6 Å². The van der Waals surface area contributed by atoms with Crippen molar-refractivity contribution in [2.75, 3.05) is 26.8 Å². The molecule has 1 aromatic carbocycles. The van der Waals surface area contributed by atoms with E-state index in [1.165, 1.54) is 12.1 Å². The number of halogens is 2. The molecule has 0 bridgehead atoms. The zero-order valence-corrected chi connectivity index (χ0v) is 11.0. The van der Waals surface area contributed by atoms with Crippen LogP contribution in [-0.2, 0) is 11.2 Å². The smallest absolute Gasteiger partial charge is 0.159 e. The molecule has 0 spiro atoms. The van der Waals surface area contributed by atoms with Crippen LogP contribution in [0.4, 0.5) is 8.78 Å². The number of rotatable bonds is 8. The highest BCUT2D eigenvalue weighted by molar-refractivity contribution is 5.18. The third-order valence-corrected chi connectivity index (χ3v) is 3.00. The Morgan fingerprint density at radius 3 is 2.67 bits per heavy atom. The summed E-state index contributed by atoms with van der Waals surface area (Å²) in [6.45, 7) is 4.45. The normalized spacial score (nSPS) is 12.7. The van der Waals surface area contributed by atoms with E-state index in [9.17, 15) is 8.78 Å². The number of methoxy groups -OCH3 is 1. The maximum Gasteiger partial charge on any atom is 0.159 e. The van der Waals surface area contributed by atoms with Gasteiger partial charge in [0.1, 0.15) is 0 Å². The number of nitrogens with one attached hydrogen (secondary N) is 1. The molecule has 1 aromatic rings. The minimum Gasteiger partial charge on any atom is -0.383 e. The summed E-state index contributed by atoms with van der Waals surface area (Å²) in [4.78, 5) is 0. The van der Waals surface area contributed by atoms with Crippen molar-refractivity contribution < 1.29 is 13.5 Å². The van der Waals surface area contributed by atoms with Crippen LogP contribution >= 0.6 is 0 Å². The summed E-state index contributed by atoms with van der Waals surface area (Å²) in [6.07, 6.45) is 1.76. The zero-order chi connectivity index (χ0) is 13.4. The summed E-state index contributed by atoms with van der Waals surface area (Å²) in [5, 5.41) is 3.29. The Labute approximate surface area is 107 Å². The van der Waals surface area contributed by atoms with Gasteiger partial charge in [-0.2, -0.15) is 0 Å². The summed E-state index contributed by atoms with van der Waals surface area (Å²) in [6, 6.07) is 4.12. The van der Waals surface area contributed by atoms with Crippen LogP contribution in [0.5, 0.6) is 0 Å². The molecule has 1 unspecified atom stereocenters. The Morgan fingerprint density at radius 2 is 2.06 bits per heavy atom. The maximum atomic E-state index is 13.1. The van der Waals surface area contributed by atoms with E-state index in [1.807, 2.05) is 0 Å². The lowest BCUT2D eigenvalue weighted by molar-refractivity contribution is 0.197. The highest BCUT2D eigenvalue weighted by atomic mass is 19.2. The predicted octanol–water partition coefficient (Wildman–Crippen LogP) is 2.77. The lowest BCUT2D eigenvalue weighted by atomic mass is 9.97. The van der Waals surface area contributed by atoms with Gasteiger partial charge in [-0.05, 0) is 36.6 Å². The molecule has 18 heavy (non-hydrogen) atoms. The summed E-state index contributed by atoms with van der Waals surface area (Å²) < 4.78 is 30.8. The van der Waals surface area contributed by atoms with Crippen LogP contribution < -0.4 is 5.32 Å². The van der Waals surface area contributed by atoms with Crippen LogP contribution in [0.2, 0.25) is 0 Å². The van der Waals surface area contributed by atoms with Crippen molar-refractivity contribution in [1.82, 2.24) is 5.32 Å². The van der Waals surface area contributed by atoms with E-state index in [0.717, 1.165) is 31.5 Å². The molecule has 0 aromatic heterocycles. The topological polar surface area (TPSA) is 21.3 Å². The summed E-state index contributed by atoms with van der Waals surface area (Å²) in [7, 11) is 1.67. The lowest BCUT2D eigenvalue weighted by Gasteiger charge is -2.15. The minimum absolute atomic E-state index is 0.423. The molecule has 0 heterocycles. The number of hydrogen-bond donors (Lipinski definition) is 1. The summed E-state index contributed by atoms with van der Waals surface area (Å²) >= 11 is 0. The number of hydrogen-bond acceptors (Lipinski definition) is 2. The molecule has 0 saturated heterocycles. The van der Waals surface area contributed by atoms with E-state index in [-0.39, 0.29) is 0 Å². The molecule has 0 aliphatic heterocycles. The van der Waals surface area contributed by atoms with E-state index in [0.29, 0.717) is 12.5 Å². The first kappa shape index (κ1) is 15.1. The summed E-state index contributed by atoms with van der Waals surface area (Å²) in [5.41, 5.74) is 0.842. The molecule has 0 saturated carbocycles. The fraction of sp³-hybridized carbons (Fsp3) is 0.571. The van der Waals surface area contributed by atoms with Crippen LogP contribution in [0.25, 0.3) is 0 Å². The van der Waals surface area contributed by atoms with Gasteiger partial charge < -0.3 is 10.1 Å². The Hall–Kier alpha value is -1.00. The summed E-state index contributed by atoms with van der Waals surface area (Å²) in [5.74, 6) is -1.13. The molecule has 0 fully saturated rings. The second kappa shape index (κ2) is 8.16. The molecule has 0 aliphatic carbocycles. The van der Waals surface area contributed by atoms with Crippen LogP contribution in [0.1, 0.15) is 18.9 Å². The first-order valence-corrected chi connectivity index (χ1v) is 6.31. The van der Waals surface area contributed by atoms with Crippen LogP contribution in [0.15, 0.2) is 18.2 Å². The van der Waals surface area contributed by atoms with Crippen molar-refractivity contribution in [3.63, 3.8) is 0 Å². The minimum atomic E-state index is -0.787. The first-order chi connectivity index (χ1) is 8.67. The van der Waals surface area contributed by atoms with Gasteiger partial charge in [0.05, 0.1) is 6.61 Å². The number of benzene rings is 1. The van der Waals surface area contributed by atoms with Crippen LogP contribution in [0, 0.1) is 17.6 Å². The monoisotopic (exact) mass is 257 g/mol. The van der Waals surface area contributed by atoms with Gasteiger partial charge in [0.25, 0.3) is 0 Å². The van der Waals surface area contributed by atoms with Gasteiger partial charge in [-0.1, -0.05) is 19.4 Å². The molecule has 4 heteroatoms. The lowest BCUT2D eigenvalue weighted by Crippen LogP contribution is -2.27. The molecule has 0 amide bonds. The van der Waals surface area contributed by atoms with Crippen molar-refractivity contribution in [3.8, 4) is 0 Å². The fourth-order valence-electron chi connectivity index (χ4n) is 1.84. The molecule has 1 rings (SSSR count).